The third-order valence-corrected chi connectivity index (χ3v) is 3.52. The van der Waals surface area contributed by atoms with Crippen molar-refractivity contribution in [1.82, 2.24) is 20.1 Å². The molecular weight excluding hydrogens is 300 g/mol. The minimum absolute atomic E-state index is 0.220. The molecule has 3 rings (SSSR count). The van der Waals surface area contributed by atoms with E-state index in [9.17, 15) is 4.79 Å². The minimum Gasteiger partial charge on any atom is -0.445 e. The van der Waals surface area contributed by atoms with Crippen LogP contribution < -0.4 is 0 Å². The van der Waals surface area contributed by atoms with E-state index in [1.165, 1.54) is 0 Å². The van der Waals surface area contributed by atoms with Gasteiger partial charge in [0.1, 0.15) is 25.1 Å². The molecule has 8 nitrogen and oxygen atoms in total. The molecule has 0 spiro atoms. The van der Waals surface area contributed by atoms with Gasteiger partial charge in [-0.15, -0.1) is 0 Å². The lowest BCUT2D eigenvalue weighted by molar-refractivity contribution is -0.0333. The van der Waals surface area contributed by atoms with Gasteiger partial charge in [-0.3, -0.25) is 5.10 Å². The lowest BCUT2D eigenvalue weighted by Gasteiger charge is -2.30. The predicted octanol–water partition coefficient (Wildman–Crippen LogP) is 1.01. The molecule has 1 aromatic heterocycles. The quantitative estimate of drug-likeness (QED) is 0.872. The number of hydrogen-bond acceptors (Lipinski definition) is 6. The van der Waals surface area contributed by atoms with Crippen molar-refractivity contribution in [3.8, 4) is 0 Å². The number of carbonyl (C=O) groups is 1. The van der Waals surface area contributed by atoms with Crippen LogP contribution >= 0.6 is 0 Å². The van der Waals surface area contributed by atoms with E-state index in [0.29, 0.717) is 31.3 Å². The van der Waals surface area contributed by atoms with Gasteiger partial charge in [0, 0.05) is 6.54 Å². The maximum Gasteiger partial charge on any atom is 0.410 e. The van der Waals surface area contributed by atoms with E-state index in [2.05, 4.69) is 15.2 Å². The first-order valence-corrected chi connectivity index (χ1v) is 7.35. The van der Waals surface area contributed by atoms with E-state index in [-0.39, 0.29) is 19.3 Å². The maximum atomic E-state index is 12.2. The number of morpholine rings is 1. The Balaban J connectivity index is 1.56. The Kier molecular flexibility index (Phi) is 4.84. The molecule has 0 radical (unpaired) electrons. The molecule has 122 valence electrons. The molecule has 1 unspecified atom stereocenters. The highest BCUT2D eigenvalue weighted by Gasteiger charge is 2.28. The Hall–Kier alpha value is -2.45. The molecule has 0 saturated carbocycles. The fourth-order valence-corrected chi connectivity index (χ4v) is 2.31. The molecular formula is C15H18N4O4. The summed E-state index contributed by atoms with van der Waals surface area (Å²) >= 11 is 0. The Morgan fingerprint density at radius 3 is 3.00 bits per heavy atom. The molecule has 1 atom stereocenters. The number of benzene rings is 1. The summed E-state index contributed by atoms with van der Waals surface area (Å²) in [5, 5.41) is 15.6. The van der Waals surface area contributed by atoms with Crippen LogP contribution in [0.5, 0.6) is 0 Å². The third-order valence-electron chi connectivity index (χ3n) is 3.52. The fourth-order valence-electron chi connectivity index (χ4n) is 2.31. The van der Waals surface area contributed by atoms with E-state index >= 15 is 0 Å². The highest BCUT2D eigenvalue weighted by molar-refractivity contribution is 5.67. The van der Waals surface area contributed by atoms with Gasteiger partial charge in [-0.1, -0.05) is 30.3 Å². The number of nitrogens with zero attached hydrogens (tertiary/aromatic N) is 3. The number of rotatable bonds is 4. The zero-order chi connectivity index (χ0) is 16.1. The summed E-state index contributed by atoms with van der Waals surface area (Å²) in [5.74, 6) is 0.794. The zero-order valence-corrected chi connectivity index (χ0v) is 12.5. The van der Waals surface area contributed by atoms with Crippen molar-refractivity contribution in [1.29, 1.82) is 0 Å². The van der Waals surface area contributed by atoms with Crippen molar-refractivity contribution in [2.45, 2.75) is 19.3 Å². The van der Waals surface area contributed by atoms with Crippen molar-refractivity contribution in [2.24, 2.45) is 0 Å². The Labute approximate surface area is 133 Å². The third kappa shape index (κ3) is 3.85. The molecule has 2 aromatic rings. The van der Waals surface area contributed by atoms with E-state index in [4.69, 9.17) is 14.6 Å². The number of H-pyrrole nitrogens is 1. The highest BCUT2D eigenvalue weighted by atomic mass is 16.6. The Bertz CT molecular complexity index is 646. The molecule has 2 N–H and O–H groups in total. The van der Waals surface area contributed by atoms with Gasteiger partial charge in [0.05, 0.1) is 13.2 Å². The SMILES string of the molecule is O=C(OCc1ccccc1)N1CCOC(c2n[nH]c(CO)n2)C1. The van der Waals surface area contributed by atoms with Crippen molar-refractivity contribution >= 4 is 6.09 Å². The van der Waals surface area contributed by atoms with Crippen molar-refractivity contribution in [3.05, 3.63) is 47.5 Å². The molecule has 1 aliphatic heterocycles. The molecule has 1 fully saturated rings. The van der Waals surface area contributed by atoms with E-state index in [1.807, 2.05) is 30.3 Å². The summed E-state index contributed by atoms with van der Waals surface area (Å²) in [6.45, 7) is 1.17. The summed E-state index contributed by atoms with van der Waals surface area (Å²) in [4.78, 5) is 17.9. The number of aromatic nitrogens is 3. The highest BCUT2D eigenvalue weighted by Crippen LogP contribution is 2.20. The van der Waals surface area contributed by atoms with Crippen molar-refractivity contribution in [3.63, 3.8) is 0 Å². The van der Waals surface area contributed by atoms with Gasteiger partial charge in [-0.25, -0.2) is 9.78 Å². The van der Waals surface area contributed by atoms with Crippen molar-refractivity contribution < 1.29 is 19.4 Å². The summed E-state index contributed by atoms with van der Waals surface area (Å²) in [6, 6.07) is 9.51. The second-order valence-corrected chi connectivity index (χ2v) is 5.14. The van der Waals surface area contributed by atoms with Crippen LogP contribution in [0.3, 0.4) is 0 Å². The van der Waals surface area contributed by atoms with Gasteiger partial charge in [-0.05, 0) is 5.56 Å². The van der Waals surface area contributed by atoms with E-state index in [1.54, 1.807) is 4.90 Å². The largest absolute Gasteiger partial charge is 0.445 e. The zero-order valence-electron chi connectivity index (χ0n) is 12.5. The smallest absolute Gasteiger partial charge is 0.410 e. The van der Waals surface area contributed by atoms with Crippen LogP contribution in [0.25, 0.3) is 0 Å². The van der Waals surface area contributed by atoms with Gasteiger partial charge in [0.15, 0.2) is 5.82 Å². The van der Waals surface area contributed by atoms with E-state index in [0.717, 1.165) is 5.56 Å². The molecule has 8 heteroatoms. The first kappa shape index (κ1) is 15.4. The second-order valence-electron chi connectivity index (χ2n) is 5.14. The van der Waals surface area contributed by atoms with Crippen molar-refractivity contribution in [2.75, 3.05) is 19.7 Å². The van der Waals surface area contributed by atoms with Crippen LogP contribution in [0.2, 0.25) is 0 Å². The van der Waals surface area contributed by atoms with Crippen LogP contribution in [0.1, 0.15) is 23.3 Å². The fraction of sp³-hybridized carbons (Fsp3) is 0.400. The minimum atomic E-state index is -0.426. The van der Waals surface area contributed by atoms with Crippen LogP contribution in [0.15, 0.2) is 30.3 Å². The van der Waals surface area contributed by atoms with Gasteiger partial charge >= 0.3 is 6.09 Å². The first-order valence-electron chi connectivity index (χ1n) is 7.35. The number of aliphatic hydroxyl groups is 1. The van der Waals surface area contributed by atoms with Crippen LogP contribution in [-0.4, -0.2) is 51.0 Å². The monoisotopic (exact) mass is 318 g/mol. The lowest BCUT2D eigenvalue weighted by atomic mass is 10.2. The molecule has 1 amide bonds. The predicted molar refractivity (Wildman–Crippen MR) is 79.2 cm³/mol. The molecule has 1 aliphatic rings. The Morgan fingerprint density at radius 1 is 1.43 bits per heavy atom. The van der Waals surface area contributed by atoms with Gasteiger partial charge < -0.3 is 19.5 Å². The topological polar surface area (TPSA) is 101 Å². The van der Waals surface area contributed by atoms with Gasteiger partial charge in [0.25, 0.3) is 0 Å². The van der Waals surface area contributed by atoms with Crippen LogP contribution in [-0.2, 0) is 22.7 Å². The first-order chi connectivity index (χ1) is 11.3. The molecule has 23 heavy (non-hydrogen) atoms. The molecule has 2 heterocycles. The molecule has 1 saturated heterocycles. The number of ether oxygens (including phenoxy) is 2. The molecule has 0 bridgehead atoms. The summed E-state index contributed by atoms with van der Waals surface area (Å²) < 4.78 is 10.9. The van der Waals surface area contributed by atoms with E-state index < -0.39 is 6.10 Å². The van der Waals surface area contributed by atoms with Gasteiger partial charge in [-0.2, -0.15) is 5.10 Å². The number of aromatic amines is 1. The number of hydrogen-bond donors (Lipinski definition) is 2. The standard InChI is InChI=1S/C15H18N4O4/c20-9-13-16-14(18-17-13)12-8-19(6-7-22-12)15(21)23-10-11-4-2-1-3-5-11/h1-5,12,20H,6-10H2,(H,16,17,18). The number of aliphatic hydroxyl groups excluding tert-OH is 1. The average Bonchev–Trinajstić information content (AvgIpc) is 3.10. The normalized spacial score (nSPS) is 18.0. The van der Waals surface area contributed by atoms with Gasteiger partial charge in [0.2, 0.25) is 0 Å². The second kappa shape index (κ2) is 7.21. The maximum absolute atomic E-state index is 12.2. The summed E-state index contributed by atoms with van der Waals surface area (Å²) in [7, 11) is 0. The van der Waals surface area contributed by atoms with Crippen LogP contribution in [0, 0.1) is 0 Å². The molecule has 1 aromatic carbocycles. The number of amides is 1. The van der Waals surface area contributed by atoms with Crippen LogP contribution in [0.4, 0.5) is 4.79 Å². The number of nitrogens with one attached hydrogen (secondary N) is 1. The number of carbonyl (C=O) groups excluding carboxylic acids is 1. The lowest BCUT2D eigenvalue weighted by Crippen LogP contribution is -2.42. The average molecular weight is 318 g/mol. The summed E-state index contributed by atoms with van der Waals surface area (Å²) in [5.41, 5.74) is 0.937. The summed E-state index contributed by atoms with van der Waals surface area (Å²) in [6.07, 6.45) is -0.815. The molecule has 0 aliphatic carbocycles. The Morgan fingerprint density at radius 2 is 2.26 bits per heavy atom.